The maximum absolute atomic E-state index is 11.9. The largest absolute Gasteiger partial charge is 0.494 e. The van der Waals surface area contributed by atoms with Gasteiger partial charge in [0.1, 0.15) is 5.75 Å². The molecule has 0 aromatic heterocycles. The van der Waals surface area contributed by atoms with Crippen molar-refractivity contribution in [2.24, 2.45) is 0 Å². The first-order chi connectivity index (χ1) is 11.2. The van der Waals surface area contributed by atoms with Crippen molar-refractivity contribution in [2.75, 3.05) is 44.2 Å². The number of ether oxygens (including phenoxy) is 1. The van der Waals surface area contributed by atoms with E-state index >= 15 is 0 Å². The number of piperazine rings is 1. The molecule has 1 atom stereocenters. The van der Waals surface area contributed by atoms with Gasteiger partial charge in [-0.25, -0.2) is 0 Å². The highest BCUT2D eigenvalue weighted by Gasteiger charge is 2.20. The SMILES string of the molecule is CC1CCCN1CCCOc1ccc(N2CCNCC2=O)cc1. The standard InChI is InChI=1S/C18H27N3O2/c1-15-4-2-10-20(15)11-3-13-23-17-7-5-16(6-8-17)21-12-9-19-14-18(21)22/h5-8,15,19H,2-4,9-14H2,1H3. The molecule has 0 bridgehead atoms. The van der Waals surface area contributed by atoms with E-state index in [1.807, 2.05) is 29.2 Å². The second-order valence-electron chi connectivity index (χ2n) is 6.45. The summed E-state index contributed by atoms with van der Waals surface area (Å²) in [5, 5.41) is 3.09. The van der Waals surface area contributed by atoms with Crippen molar-refractivity contribution < 1.29 is 9.53 Å². The molecule has 0 aliphatic carbocycles. The fourth-order valence-corrected chi connectivity index (χ4v) is 3.38. The van der Waals surface area contributed by atoms with Crippen LogP contribution in [-0.4, -0.2) is 56.2 Å². The van der Waals surface area contributed by atoms with E-state index in [0.717, 1.165) is 50.1 Å². The first-order valence-corrected chi connectivity index (χ1v) is 8.72. The van der Waals surface area contributed by atoms with Crippen molar-refractivity contribution in [3.8, 4) is 5.75 Å². The Morgan fingerprint density at radius 3 is 2.78 bits per heavy atom. The molecule has 1 aromatic rings. The van der Waals surface area contributed by atoms with Gasteiger partial charge in [0.25, 0.3) is 0 Å². The number of amides is 1. The number of carbonyl (C=O) groups is 1. The molecule has 0 spiro atoms. The van der Waals surface area contributed by atoms with Crippen LogP contribution in [0.15, 0.2) is 24.3 Å². The summed E-state index contributed by atoms with van der Waals surface area (Å²) >= 11 is 0. The zero-order valence-electron chi connectivity index (χ0n) is 14.0. The molecule has 2 fully saturated rings. The molecule has 1 unspecified atom stereocenters. The molecule has 5 nitrogen and oxygen atoms in total. The van der Waals surface area contributed by atoms with Crippen LogP contribution in [0.1, 0.15) is 26.2 Å². The molecule has 126 valence electrons. The highest BCUT2D eigenvalue weighted by Crippen LogP contribution is 2.21. The average Bonchev–Trinajstić information content (AvgIpc) is 2.98. The summed E-state index contributed by atoms with van der Waals surface area (Å²) in [4.78, 5) is 16.2. The summed E-state index contributed by atoms with van der Waals surface area (Å²) in [7, 11) is 0. The van der Waals surface area contributed by atoms with Gasteiger partial charge in [-0.05, 0) is 57.0 Å². The maximum Gasteiger partial charge on any atom is 0.240 e. The van der Waals surface area contributed by atoms with Gasteiger partial charge in [-0.3, -0.25) is 4.79 Å². The number of hydrogen-bond donors (Lipinski definition) is 1. The summed E-state index contributed by atoms with van der Waals surface area (Å²) in [5.74, 6) is 1.01. The van der Waals surface area contributed by atoms with Crippen LogP contribution in [-0.2, 0) is 4.79 Å². The van der Waals surface area contributed by atoms with Crippen molar-refractivity contribution in [1.29, 1.82) is 0 Å². The van der Waals surface area contributed by atoms with E-state index in [9.17, 15) is 4.79 Å². The van der Waals surface area contributed by atoms with Gasteiger partial charge in [0.05, 0.1) is 13.2 Å². The fourth-order valence-electron chi connectivity index (χ4n) is 3.38. The Bertz CT molecular complexity index is 518. The zero-order chi connectivity index (χ0) is 16.1. The molecule has 1 N–H and O–H groups in total. The molecule has 1 amide bonds. The molecule has 1 aromatic carbocycles. The minimum absolute atomic E-state index is 0.129. The Balaban J connectivity index is 1.43. The number of carbonyl (C=O) groups excluding carboxylic acids is 1. The third kappa shape index (κ3) is 4.24. The van der Waals surface area contributed by atoms with E-state index in [1.54, 1.807) is 0 Å². The normalized spacial score (nSPS) is 22.6. The van der Waals surface area contributed by atoms with Crippen molar-refractivity contribution in [3.05, 3.63) is 24.3 Å². The second-order valence-corrected chi connectivity index (χ2v) is 6.45. The molecule has 2 aliphatic rings. The molecule has 0 radical (unpaired) electrons. The Kier molecular flexibility index (Phi) is 5.51. The fraction of sp³-hybridized carbons (Fsp3) is 0.611. The summed E-state index contributed by atoms with van der Waals surface area (Å²) in [6.07, 6.45) is 3.71. The third-order valence-electron chi connectivity index (χ3n) is 4.79. The lowest BCUT2D eigenvalue weighted by Gasteiger charge is -2.27. The van der Waals surface area contributed by atoms with Crippen molar-refractivity contribution in [3.63, 3.8) is 0 Å². The van der Waals surface area contributed by atoms with Gasteiger partial charge in [-0.15, -0.1) is 0 Å². The summed E-state index contributed by atoms with van der Waals surface area (Å²) in [6, 6.07) is 8.60. The van der Waals surface area contributed by atoms with E-state index in [-0.39, 0.29) is 5.91 Å². The van der Waals surface area contributed by atoms with Crippen LogP contribution in [0, 0.1) is 0 Å². The number of benzene rings is 1. The smallest absolute Gasteiger partial charge is 0.240 e. The maximum atomic E-state index is 11.9. The van der Waals surface area contributed by atoms with E-state index in [4.69, 9.17) is 4.74 Å². The van der Waals surface area contributed by atoms with Crippen molar-refractivity contribution in [1.82, 2.24) is 10.2 Å². The van der Waals surface area contributed by atoms with Crippen LogP contribution in [0.5, 0.6) is 5.75 Å². The average molecular weight is 317 g/mol. The van der Waals surface area contributed by atoms with Crippen LogP contribution in [0.4, 0.5) is 5.69 Å². The van der Waals surface area contributed by atoms with Crippen molar-refractivity contribution >= 4 is 11.6 Å². The van der Waals surface area contributed by atoms with E-state index in [2.05, 4.69) is 17.1 Å². The van der Waals surface area contributed by atoms with Crippen LogP contribution >= 0.6 is 0 Å². The van der Waals surface area contributed by atoms with Gasteiger partial charge >= 0.3 is 0 Å². The van der Waals surface area contributed by atoms with Gasteiger partial charge in [0.15, 0.2) is 0 Å². The van der Waals surface area contributed by atoms with Gasteiger partial charge in [-0.2, -0.15) is 0 Å². The number of anilines is 1. The number of rotatable bonds is 6. The number of hydrogen-bond acceptors (Lipinski definition) is 4. The lowest BCUT2D eigenvalue weighted by atomic mass is 10.2. The van der Waals surface area contributed by atoms with Gasteiger partial charge in [0, 0.05) is 31.4 Å². The predicted octanol–water partition coefficient (Wildman–Crippen LogP) is 1.88. The summed E-state index contributed by atoms with van der Waals surface area (Å²) in [5.41, 5.74) is 0.953. The molecule has 23 heavy (non-hydrogen) atoms. The summed E-state index contributed by atoms with van der Waals surface area (Å²) < 4.78 is 5.83. The van der Waals surface area contributed by atoms with E-state index < -0.39 is 0 Å². The Morgan fingerprint density at radius 1 is 1.26 bits per heavy atom. The number of likely N-dealkylation sites (tertiary alicyclic amines) is 1. The molecule has 0 saturated carbocycles. The van der Waals surface area contributed by atoms with E-state index in [0.29, 0.717) is 6.54 Å². The first kappa shape index (κ1) is 16.3. The molecule has 2 heterocycles. The molecule has 2 saturated heterocycles. The van der Waals surface area contributed by atoms with Crippen molar-refractivity contribution in [2.45, 2.75) is 32.2 Å². The van der Waals surface area contributed by atoms with Crippen LogP contribution in [0.2, 0.25) is 0 Å². The lowest BCUT2D eigenvalue weighted by Crippen LogP contribution is -2.48. The number of nitrogens with one attached hydrogen (secondary N) is 1. The minimum atomic E-state index is 0.129. The molecule has 3 rings (SSSR count). The first-order valence-electron chi connectivity index (χ1n) is 8.72. The Morgan fingerprint density at radius 2 is 2.09 bits per heavy atom. The zero-order valence-corrected chi connectivity index (χ0v) is 14.0. The van der Waals surface area contributed by atoms with Gasteiger partial charge in [-0.1, -0.05) is 0 Å². The molecular formula is C18H27N3O2. The topological polar surface area (TPSA) is 44.8 Å². The predicted molar refractivity (Wildman–Crippen MR) is 92.0 cm³/mol. The molecule has 5 heteroatoms. The molecular weight excluding hydrogens is 290 g/mol. The Labute approximate surface area is 138 Å². The summed E-state index contributed by atoms with van der Waals surface area (Å²) in [6.45, 7) is 7.40. The molecule has 2 aliphatic heterocycles. The van der Waals surface area contributed by atoms with E-state index in [1.165, 1.54) is 19.4 Å². The quantitative estimate of drug-likeness (QED) is 0.814. The van der Waals surface area contributed by atoms with Gasteiger partial charge in [0.2, 0.25) is 5.91 Å². The minimum Gasteiger partial charge on any atom is -0.494 e. The van der Waals surface area contributed by atoms with Gasteiger partial charge < -0.3 is 19.9 Å². The van der Waals surface area contributed by atoms with Crippen LogP contribution < -0.4 is 15.0 Å². The highest BCUT2D eigenvalue weighted by molar-refractivity contribution is 5.95. The highest BCUT2D eigenvalue weighted by atomic mass is 16.5. The van der Waals surface area contributed by atoms with Crippen LogP contribution in [0.3, 0.4) is 0 Å². The van der Waals surface area contributed by atoms with Crippen LogP contribution in [0.25, 0.3) is 0 Å². The second kappa shape index (κ2) is 7.79. The third-order valence-corrected chi connectivity index (χ3v) is 4.79. The number of nitrogens with zero attached hydrogens (tertiary/aromatic N) is 2. The lowest BCUT2D eigenvalue weighted by molar-refractivity contribution is -0.118. The Hall–Kier alpha value is -1.59. The monoisotopic (exact) mass is 317 g/mol.